The topological polar surface area (TPSA) is 97.6 Å². The van der Waals surface area contributed by atoms with Gasteiger partial charge in [-0.25, -0.2) is 0 Å². The lowest BCUT2D eigenvalue weighted by Gasteiger charge is -2.16. The SMILES string of the molecule is CCCOc1ccc(C(=O)Nc2nnc(C3CC(=O)N(c4ccc(SC)cc4)C3)o2)cc1. The number of carbonyl (C=O) groups is 2. The molecule has 0 saturated carbocycles. The Morgan fingerprint density at radius 2 is 1.94 bits per heavy atom. The van der Waals surface area contributed by atoms with Gasteiger partial charge in [-0.1, -0.05) is 12.0 Å². The van der Waals surface area contributed by atoms with E-state index in [2.05, 4.69) is 15.5 Å². The van der Waals surface area contributed by atoms with Gasteiger partial charge in [-0.15, -0.1) is 16.9 Å². The number of anilines is 2. The number of hydrogen-bond acceptors (Lipinski definition) is 7. The summed E-state index contributed by atoms with van der Waals surface area (Å²) in [5.74, 6) is 0.458. The number of amides is 2. The van der Waals surface area contributed by atoms with Crippen LogP contribution < -0.4 is 15.0 Å². The summed E-state index contributed by atoms with van der Waals surface area (Å²) in [7, 11) is 0. The molecule has 0 radical (unpaired) electrons. The summed E-state index contributed by atoms with van der Waals surface area (Å²) >= 11 is 1.65. The molecule has 8 nitrogen and oxygen atoms in total. The first kappa shape index (κ1) is 21.9. The van der Waals surface area contributed by atoms with Crippen LogP contribution in [0.3, 0.4) is 0 Å². The lowest BCUT2D eigenvalue weighted by Crippen LogP contribution is -2.24. The van der Waals surface area contributed by atoms with E-state index in [9.17, 15) is 9.59 Å². The van der Waals surface area contributed by atoms with Crippen LogP contribution in [-0.4, -0.2) is 41.4 Å². The first-order chi connectivity index (χ1) is 15.6. The Labute approximate surface area is 190 Å². The number of hydrogen-bond donors (Lipinski definition) is 1. The second-order valence-corrected chi connectivity index (χ2v) is 8.26. The highest BCUT2D eigenvalue weighted by Gasteiger charge is 2.35. The van der Waals surface area contributed by atoms with Crippen molar-refractivity contribution in [3.8, 4) is 5.75 Å². The lowest BCUT2D eigenvalue weighted by atomic mass is 10.1. The molecular weight excluding hydrogens is 428 g/mol. The number of benzene rings is 2. The minimum Gasteiger partial charge on any atom is -0.494 e. The van der Waals surface area contributed by atoms with Crippen molar-refractivity contribution in [1.29, 1.82) is 0 Å². The third-order valence-electron chi connectivity index (χ3n) is 5.11. The van der Waals surface area contributed by atoms with Crippen molar-refractivity contribution >= 4 is 35.3 Å². The fourth-order valence-corrected chi connectivity index (χ4v) is 3.83. The van der Waals surface area contributed by atoms with Crippen molar-refractivity contribution in [2.24, 2.45) is 0 Å². The van der Waals surface area contributed by atoms with Crippen LogP contribution in [0.1, 0.15) is 41.9 Å². The number of nitrogens with zero attached hydrogens (tertiary/aromatic N) is 3. The highest BCUT2D eigenvalue weighted by molar-refractivity contribution is 7.98. The van der Waals surface area contributed by atoms with E-state index < -0.39 is 0 Å². The third-order valence-corrected chi connectivity index (χ3v) is 5.85. The Balaban J connectivity index is 1.38. The number of thioether (sulfide) groups is 1. The van der Waals surface area contributed by atoms with Gasteiger partial charge in [-0.2, -0.15) is 0 Å². The standard InChI is InChI=1S/C23H24N4O4S/c1-3-12-30-18-8-4-15(5-9-18)21(29)24-23-26-25-22(31-23)16-13-20(28)27(14-16)17-6-10-19(32-2)11-7-17/h4-11,16H,3,12-14H2,1-2H3,(H,24,26,29). The minimum atomic E-state index is -0.361. The lowest BCUT2D eigenvalue weighted by molar-refractivity contribution is -0.117. The molecule has 1 unspecified atom stereocenters. The molecule has 32 heavy (non-hydrogen) atoms. The number of nitrogens with one attached hydrogen (secondary N) is 1. The molecule has 1 aliphatic rings. The maximum absolute atomic E-state index is 12.5. The molecule has 1 atom stereocenters. The number of rotatable bonds is 8. The van der Waals surface area contributed by atoms with E-state index >= 15 is 0 Å². The van der Waals surface area contributed by atoms with Crippen molar-refractivity contribution in [2.75, 3.05) is 29.6 Å². The monoisotopic (exact) mass is 452 g/mol. The van der Waals surface area contributed by atoms with E-state index in [1.807, 2.05) is 37.4 Å². The van der Waals surface area contributed by atoms with Crippen LogP contribution in [0.4, 0.5) is 11.7 Å². The van der Waals surface area contributed by atoms with Crippen molar-refractivity contribution in [3.05, 3.63) is 60.0 Å². The van der Waals surface area contributed by atoms with Gasteiger partial charge in [-0.3, -0.25) is 14.9 Å². The van der Waals surface area contributed by atoms with E-state index in [1.165, 1.54) is 0 Å². The van der Waals surface area contributed by atoms with Crippen LogP contribution in [0.5, 0.6) is 5.75 Å². The van der Waals surface area contributed by atoms with E-state index in [1.54, 1.807) is 40.9 Å². The second-order valence-electron chi connectivity index (χ2n) is 7.38. The largest absolute Gasteiger partial charge is 0.494 e. The molecule has 1 aliphatic heterocycles. The van der Waals surface area contributed by atoms with E-state index in [-0.39, 0.29) is 30.2 Å². The quantitative estimate of drug-likeness (QED) is 0.507. The smallest absolute Gasteiger partial charge is 0.322 e. The van der Waals surface area contributed by atoms with Crippen LogP contribution in [0.2, 0.25) is 0 Å². The molecule has 1 saturated heterocycles. The van der Waals surface area contributed by atoms with Gasteiger partial charge in [0, 0.05) is 29.1 Å². The van der Waals surface area contributed by atoms with E-state index in [4.69, 9.17) is 9.15 Å². The van der Waals surface area contributed by atoms with Gasteiger partial charge in [0.1, 0.15) is 5.75 Å². The summed E-state index contributed by atoms with van der Waals surface area (Å²) in [6.07, 6.45) is 3.20. The molecule has 0 aliphatic carbocycles. The minimum absolute atomic E-state index is 0.000990. The van der Waals surface area contributed by atoms with Gasteiger partial charge < -0.3 is 14.1 Å². The molecule has 166 valence electrons. The Hall–Kier alpha value is -3.33. The summed E-state index contributed by atoms with van der Waals surface area (Å²) in [6, 6.07) is 14.7. The Bertz CT molecular complexity index is 1080. The first-order valence-electron chi connectivity index (χ1n) is 10.4. The van der Waals surface area contributed by atoms with Gasteiger partial charge in [0.2, 0.25) is 11.8 Å². The zero-order valence-electron chi connectivity index (χ0n) is 17.9. The second kappa shape index (κ2) is 9.86. The van der Waals surface area contributed by atoms with Crippen LogP contribution >= 0.6 is 11.8 Å². The summed E-state index contributed by atoms with van der Waals surface area (Å²) in [4.78, 5) is 27.9. The fraction of sp³-hybridized carbons (Fsp3) is 0.304. The van der Waals surface area contributed by atoms with Crippen LogP contribution in [0.15, 0.2) is 57.8 Å². The zero-order valence-corrected chi connectivity index (χ0v) is 18.7. The Morgan fingerprint density at radius 3 is 2.62 bits per heavy atom. The van der Waals surface area contributed by atoms with Crippen LogP contribution in [0, 0.1) is 0 Å². The van der Waals surface area contributed by atoms with Crippen molar-refractivity contribution in [2.45, 2.75) is 30.6 Å². The highest BCUT2D eigenvalue weighted by Crippen LogP contribution is 2.32. The van der Waals surface area contributed by atoms with Gasteiger partial charge in [0.05, 0.1) is 12.5 Å². The number of aromatic nitrogens is 2. The van der Waals surface area contributed by atoms with Gasteiger partial charge in [0.15, 0.2) is 0 Å². The van der Waals surface area contributed by atoms with Gasteiger partial charge >= 0.3 is 6.01 Å². The van der Waals surface area contributed by atoms with Crippen molar-refractivity contribution < 1.29 is 18.7 Å². The molecule has 1 aromatic heterocycles. The maximum Gasteiger partial charge on any atom is 0.322 e. The molecular formula is C23H24N4O4S. The highest BCUT2D eigenvalue weighted by atomic mass is 32.2. The molecule has 1 N–H and O–H groups in total. The molecule has 2 aromatic carbocycles. The van der Waals surface area contributed by atoms with Gasteiger partial charge in [-0.05, 0) is 61.2 Å². The Kier molecular flexibility index (Phi) is 6.75. The molecule has 0 bridgehead atoms. The number of ether oxygens (including phenoxy) is 1. The first-order valence-corrected chi connectivity index (χ1v) is 11.6. The molecule has 0 spiro atoms. The molecule has 2 heterocycles. The summed E-state index contributed by atoms with van der Waals surface area (Å²) < 4.78 is 11.2. The normalized spacial score (nSPS) is 15.8. The molecule has 9 heteroatoms. The van der Waals surface area contributed by atoms with E-state index in [0.29, 0.717) is 30.4 Å². The Morgan fingerprint density at radius 1 is 1.19 bits per heavy atom. The molecule has 3 aromatic rings. The summed E-state index contributed by atoms with van der Waals surface area (Å²) in [5.41, 5.74) is 1.29. The average Bonchev–Trinajstić information content (AvgIpc) is 3.44. The molecule has 4 rings (SSSR count). The van der Waals surface area contributed by atoms with Crippen LogP contribution in [0.25, 0.3) is 0 Å². The van der Waals surface area contributed by atoms with E-state index in [0.717, 1.165) is 17.0 Å². The summed E-state index contributed by atoms with van der Waals surface area (Å²) in [5, 5.41) is 10.6. The molecule has 2 amide bonds. The third kappa shape index (κ3) is 4.94. The average molecular weight is 453 g/mol. The van der Waals surface area contributed by atoms with Crippen molar-refractivity contribution in [1.82, 2.24) is 10.2 Å². The maximum atomic E-state index is 12.5. The predicted octanol–water partition coefficient (Wildman–Crippen LogP) is 4.35. The predicted molar refractivity (Wildman–Crippen MR) is 122 cm³/mol. The van der Waals surface area contributed by atoms with Crippen molar-refractivity contribution in [3.63, 3.8) is 0 Å². The van der Waals surface area contributed by atoms with Crippen LogP contribution in [-0.2, 0) is 4.79 Å². The fourth-order valence-electron chi connectivity index (χ4n) is 3.43. The zero-order chi connectivity index (χ0) is 22.5. The molecule has 1 fully saturated rings. The summed E-state index contributed by atoms with van der Waals surface area (Å²) in [6.45, 7) is 3.11. The number of carbonyl (C=O) groups excluding carboxylic acids is 2. The van der Waals surface area contributed by atoms with Gasteiger partial charge in [0.25, 0.3) is 5.91 Å².